The van der Waals surface area contributed by atoms with Crippen LogP contribution in [-0.4, -0.2) is 87.7 Å². The molecule has 1 spiro atoms. The summed E-state index contributed by atoms with van der Waals surface area (Å²) in [5.74, 6) is 1.77. The minimum absolute atomic E-state index is 0.110. The van der Waals surface area contributed by atoms with E-state index < -0.39 is 0 Å². The van der Waals surface area contributed by atoms with E-state index in [9.17, 15) is 4.79 Å². The molecule has 4 fully saturated rings. The number of carbonyl (C=O) groups excluding carboxylic acids is 1. The van der Waals surface area contributed by atoms with Gasteiger partial charge < -0.3 is 19.4 Å². The second-order valence-corrected chi connectivity index (χ2v) is 9.82. The lowest BCUT2D eigenvalue weighted by atomic mass is 9.65. The number of nitrogens with zero attached hydrogens (tertiary/aromatic N) is 3. The highest BCUT2D eigenvalue weighted by atomic mass is 16.5. The van der Waals surface area contributed by atoms with E-state index in [1.54, 1.807) is 0 Å². The van der Waals surface area contributed by atoms with Crippen molar-refractivity contribution in [3.63, 3.8) is 0 Å². The molecule has 3 aliphatic heterocycles. The van der Waals surface area contributed by atoms with Gasteiger partial charge in [-0.1, -0.05) is 0 Å². The van der Waals surface area contributed by atoms with Gasteiger partial charge in [0, 0.05) is 46.9 Å². The van der Waals surface area contributed by atoms with E-state index in [-0.39, 0.29) is 5.41 Å². The Morgan fingerprint density at radius 1 is 1.12 bits per heavy atom. The summed E-state index contributed by atoms with van der Waals surface area (Å²) in [6.07, 6.45) is 7.40. The Labute approximate surface area is 159 Å². The fourth-order valence-electron chi connectivity index (χ4n) is 6.66. The maximum Gasteiger partial charge on any atom is 0.229 e. The van der Waals surface area contributed by atoms with E-state index in [1.165, 1.54) is 51.7 Å². The van der Waals surface area contributed by atoms with Gasteiger partial charge in [-0.15, -0.1) is 0 Å². The molecule has 1 saturated carbocycles. The third kappa shape index (κ3) is 3.10. The summed E-state index contributed by atoms with van der Waals surface area (Å²) in [6, 6.07) is 0. The lowest BCUT2D eigenvalue weighted by Gasteiger charge is -2.45. The van der Waals surface area contributed by atoms with E-state index in [1.807, 2.05) is 19.0 Å². The fourth-order valence-corrected chi connectivity index (χ4v) is 6.66. The maximum atomic E-state index is 13.1. The molecule has 2 atom stereocenters. The van der Waals surface area contributed by atoms with Crippen molar-refractivity contribution in [2.75, 3.05) is 67.1 Å². The van der Waals surface area contributed by atoms with Crippen molar-refractivity contribution in [2.24, 2.45) is 22.7 Å². The van der Waals surface area contributed by atoms with Crippen LogP contribution in [0.4, 0.5) is 0 Å². The zero-order chi connectivity index (χ0) is 18.4. The molecule has 5 nitrogen and oxygen atoms in total. The number of rotatable bonds is 3. The van der Waals surface area contributed by atoms with Crippen LogP contribution in [-0.2, 0) is 9.53 Å². The molecule has 1 amide bonds. The number of likely N-dealkylation sites (tertiary alicyclic amines) is 2. The summed E-state index contributed by atoms with van der Waals surface area (Å²) < 4.78 is 5.52. The number of hydrogen-bond donors (Lipinski definition) is 0. The lowest BCUT2D eigenvalue weighted by molar-refractivity contribution is -0.141. The van der Waals surface area contributed by atoms with Gasteiger partial charge in [0.25, 0.3) is 0 Å². The average Bonchev–Trinajstić information content (AvgIpc) is 3.12. The van der Waals surface area contributed by atoms with E-state index in [2.05, 4.69) is 16.8 Å². The highest BCUT2D eigenvalue weighted by Gasteiger charge is 2.64. The first-order chi connectivity index (χ1) is 12.5. The van der Waals surface area contributed by atoms with Gasteiger partial charge in [-0.05, 0) is 75.9 Å². The molecular formula is C21H37N3O2. The molecule has 0 aromatic rings. The molecule has 0 aromatic heterocycles. The van der Waals surface area contributed by atoms with Crippen molar-refractivity contribution >= 4 is 5.91 Å². The number of amides is 1. The normalized spacial score (nSPS) is 35.7. The predicted molar refractivity (Wildman–Crippen MR) is 103 cm³/mol. The summed E-state index contributed by atoms with van der Waals surface area (Å²) in [4.78, 5) is 20.1. The number of hydrogen-bond acceptors (Lipinski definition) is 4. The van der Waals surface area contributed by atoms with Gasteiger partial charge in [0.2, 0.25) is 5.91 Å². The molecule has 4 aliphatic rings. The van der Waals surface area contributed by atoms with Crippen molar-refractivity contribution in [1.29, 1.82) is 0 Å². The summed E-state index contributed by atoms with van der Waals surface area (Å²) in [5, 5.41) is 0. The second kappa shape index (κ2) is 7.06. The first kappa shape index (κ1) is 18.7. The molecule has 5 heteroatoms. The number of fused-ring (bicyclic) bond motifs is 2. The lowest BCUT2D eigenvalue weighted by Crippen LogP contribution is -2.49. The van der Waals surface area contributed by atoms with Crippen LogP contribution in [0.15, 0.2) is 0 Å². The quantitative estimate of drug-likeness (QED) is 0.768. The summed E-state index contributed by atoms with van der Waals surface area (Å²) in [7, 11) is 6.08. The van der Waals surface area contributed by atoms with Crippen molar-refractivity contribution in [1.82, 2.24) is 14.7 Å². The molecule has 3 heterocycles. The van der Waals surface area contributed by atoms with Crippen molar-refractivity contribution in [3.8, 4) is 0 Å². The highest BCUT2D eigenvalue weighted by Crippen LogP contribution is 2.62. The van der Waals surface area contributed by atoms with Gasteiger partial charge in [0.1, 0.15) is 0 Å². The Bertz CT molecular complexity index is 523. The van der Waals surface area contributed by atoms with Crippen LogP contribution in [0.3, 0.4) is 0 Å². The molecule has 148 valence electrons. The fraction of sp³-hybridized carbons (Fsp3) is 0.952. The minimum Gasteiger partial charge on any atom is -0.381 e. The van der Waals surface area contributed by atoms with Crippen LogP contribution in [0.25, 0.3) is 0 Å². The van der Waals surface area contributed by atoms with Crippen LogP contribution in [0.5, 0.6) is 0 Å². The monoisotopic (exact) mass is 363 g/mol. The van der Waals surface area contributed by atoms with Crippen LogP contribution in [0.2, 0.25) is 0 Å². The van der Waals surface area contributed by atoms with Crippen molar-refractivity contribution in [2.45, 2.75) is 38.5 Å². The summed E-state index contributed by atoms with van der Waals surface area (Å²) >= 11 is 0. The molecule has 0 bridgehead atoms. The maximum absolute atomic E-state index is 13.1. The molecule has 0 aromatic carbocycles. The molecule has 0 unspecified atom stereocenters. The van der Waals surface area contributed by atoms with Gasteiger partial charge >= 0.3 is 0 Å². The Morgan fingerprint density at radius 2 is 1.81 bits per heavy atom. The summed E-state index contributed by atoms with van der Waals surface area (Å²) in [6.45, 7) is 7.68. The largest absolute Gasteiger partial charge is 0.381 e. The van der Waals surface area contributed by atoms with Gasteiger partial charge in [-0.3, -0.25) is 4.79 Å². The third-order valence-corrected chi connectivity index (χ3v) is 8.06. The van der Waals surface area contributed by atoms with Gasteiger partial charge in [0.15, 0.2) is 0 Å². The molecule has 0 N–H and O–H groups in total. The average molecular weight is 364 g/mol. The smallest absolute Gasteiger partial charge is 0.229 e. The zero-order valence-electron chi connectivity index (χ0n) is 17.0. The third-order valence-electron chi connectivity index (χ3n) is 8.06. The predicted octanol–water partition coefficient (Wildman–Crippen LogP) is 1.93. The molecule has 0 radical (unpaired) electrons. The van der Waals surface area contributed by atoms with Gasteiger partial charge in [-0.2, -0.15) is 0 Å². The van der Waals surface area contributed by atoms with Gasteiger partial charge in [-0.25, -0.2) is 0 Å². The van der Waals surface area contributed by atoms with Crippen molar-refractivity contribution < 1.29 is 9.53 Å². The molecule has 3 saturated heterocycles. The second-order valence-electron chi connectivity index (χ2n) is 9.82. The molecule has 26 heavy (non-hydrogen) atoms. The highest BCUT2D eigenvalue weighted by molar-refractivity contribution is 5.84. The molecule has 1 aliphatic carbocycles. The number of ether oxygens (including phenoxy) is 1. The van der Waals surface area contributed by atoms with Gasteiger partial charge in [0.05, 0.1) is 5.41 Å². The molecular weight excluding hydrogens is 326 g/mol. The Morgan fingerprint density at radius 3 is 2.46 bits per heavy atom. The topological polar surface area (TPSA) is 36.0 Å². The SMILES string of the molecule is CN1C[C@H]2C3(CCN(CC4CCOCC4)CC3)CC[C@@]2(C(=O)N(C)C)C1. The van der Waals surface area contributed by atoms with E-state index >= 15 is 0 Å². The minimum atomic E-state index is -0.110. The van der Waals surface area contributed by atoms with Crippen LogP contribution in [0, 0.1) is 22.7 Å². The van der Waals surface area contributed by atoms with Crippen LogP contribution in [0.1, 0.15) is 38.5 Å². The molecule has 4 rings (SSSR count). The van der Waals surface area contributed by atoms with Crippen molar-refractivity contribution in [3.05, 3.63) is 0 Å². The Balaban J connectivity index is 1.43. The van der Waals surface area contributed by atoms with E-state index in [4.69, 9.17) is 4.74 Å². The number of piperidine rings is 1. The first-order valence-electron chi connectivity index (χ1n) is 10.7. The zero-order valence-corrected chi connectivity index (χ0v) is 17.0. The first-order valence-corrected chi connectivity index (χ1v) is 10.7. The summed E-state index contributed by atoms with van der Waals surface area (Å²) in [5.41, 5.74) is 0.295. The van der Waals surface area contributed by atoms with Crippen LogP contribution >= 0.6 is 0 Å². The van der Waals surface area contributed by atoms with Crippen LogP contribution < -0.4 is 0 Å². The van der Waals surface area contributed by atoms with E-state index in [0.29, 0.717) is 17.2 Å². The van der Waals surface area contributed by atoms with E-state index in [0.717, 1.165) is 38.6 Å². The Hall–Kier alpha value is -0.650. The Kier molecular flexibility index (Phi) is 5.08. The number of carbonyl (C=O) groups is 1. The standard InChI is InChI=1S/C21H37N3O2/c1-22(2)19(25)21-7-6-20(18(21)15-23(3)16-21)8-10-24(11-9-20)14-17-4-12-26-13-5-17/h17-18H,4-16H2,1-3H3/t18-,21+/m0/s1.